The Labute approximate surface area is 131 Å². The predicted molar refractivity (Wildman–Crippen MR) is 83.1 cm³/mol. The molecule has 0 bridgehead atoms. The molecule has 0 fully saturated rings. The summed E-state index contributed by atoms with van der Waals surface area (Å²) in [5.74, 6) is -0.655. The lowest BCUT2D eigenvalue weighted by molar-refractivity contribution is -0.115. The zero-order chi connectivity index (χ0) is 13.8. The van der Waals surface area contributed by atoms with Gasteiger partial charge in [-0.05, 0) is 24.3 Å². The fourth-order valence-electron chi connectivity index (χ4n) is 1.63. The lowest BCUT2D eigenvalue weighted by Gasteiger charge is -2.10. The molecule has 1 aromatic heterocycles. The molecule has 0 unspecified atom stereocenters. The monoisotopic (exact) mass is 357 g/mol. The second-order valence-corrected chi connectivity index (χ2v) is 4.22. The van der Waals surface area contributed by atoms with Gasteiger partial charge in [-0.2, -0.15) is 0 Å². The number of nitrogens with zero attached hydrogens (tertiary/aromatic N) is 1. The Balaban J connectivity index is 0.00000200. The van der Waals surface area contributed by atoms with Crippen molar-refractivity contribution in [1.29, 1.82) is 0 Å². The minimum Gasteiger partial charge on any atom is -0.322 e. The van der Waals surface area contributed by atoms with Crippen LogP contribution >= 0.6 is 28.6 Å². The van der Waals surface area contributed by atoms with Gasteiger partial charge in [0.2, 0.25) is 5.78 Å². The van der Waals surface area contributed by atoms with E-state index in [9.17, 15) is 9.59 Å². The summed E-state index contributed by atoms with van der Waals surface area (Å²) in [4.78, 5) is 23.6. The summed E-state index contributed by atoms with van der Waals surface area (Å²) in [6.45, 7) is -0.155. The van der Waals surface area contributed by atoms with Crippen LogP contribution in [0.4, 0.5) is 0 Å². The highest BCUT2D eigenvalue weighted by Crippen LogP contribution is 2.19. The number of benzene rings is 1. The van der Waals surface area contributed by atoms with E-state index in [4.69, 9.17) is 17.3 Å². The van der Waals surface area contributed by atoms with Crippen molar-refractivity contribution in [3.8, 4) is 0 Å². The molecule has 0 spiro atoms. The van der Waals surface area contributed by atoms with E-state index in [2.05, 4.69) is 5.43 Å². The van der Waals surface area contributed by atoms with Crippen LogP contribution in [-0.4, -0.2) is 22.9 Å². The van der Waals surface area contributed by atoms with Crippen molar-refractivity contribution in [3.05, 3.63) is 58.9 Å². The zero-order valence-corrected chi connectivity index (χ0v) is 12.8. The summed E-state index contributed by atoms with van der Waals surface area (Å²) in [5, 5.41) is 0.366. The Hall–Kier alpha value is -1.63. The number of hydrogen-bond acceptors (Lipinski definition) is 3. The van der Waals surface area contributed by atoms with Crippen molar-refractivity contribution in [2.45, 2.75) is 0 Å². The fraction of sp³-hybridized carbons (Fsp3) is 0.0769. The standard InChI is InChI=1S/C13H12ClN3O2.BrH/c14-10-5-2-1-4-9(10)13(19)11-6-3-7-17(11)16-12(18)8-15;/h1-7H,8,15H2,(H,16,18);1H. The molecule has 1 amide bonds. The fourth-order valence-corrected chi connectivity index (χ4v) is 1.85. The summed E-state index contributed by atoms with van der Waals surface area (Å²) in [6, 6.07) is 10.00. The molecule has 0 aliphatic rings. The average molecular weight is 359 g/mol. The number of rotatable bonds is 4. The Morgan fingerprint density at radius 1 is 1.20 bits per heavy atom. The van der Waals surface area contributed by atoms with Crippen LogP contribution in [0.15, 0.2) is 42.6 Å². The van der Waals surface area contributed by atoms with Crippen LogP contribution in [0.1, 0.15) is 16.1 Å². The first-order chi connectivity index (χ1) is 9.13. The lowest BCUT2D eigenvalue weighted by atomic mass is 10.1. The van der Waals surface area contributed by atoms with E-state index < -0.39 is 0 Å². The Kier molecular flexibility index (Phi) is 5.94. The number of nitrogens with one attached hydrogen (secondary N) is 1. The molecule has 0 saturated heterocycles. The van der Waals surface area contributed by atoms with Crippen LogP contribution in [0.25, 0.3) is 0 Å². The Morgan fingerprint density at radius 2 is 1.90 bits per heavy atom. The third-order valence-electron chi connectivity index (χ3n) is 2.53. The number of carbonyl (C=O) groups excluding carboxylic acids is 2. The molecule has 5 nitrogen and oxygen atoms in total. The number of carbonyl (C=O) groups is 2. The van der Waals surface area contributed by atoms with Crippen LogP contribution in [0.2, 0.25) is 5.02 Å². The first-order valence-corrected chi connectivity index (χ1v) is 5.98. The highest BCUT2D eigenvalue weighted by molar-refractivity contribution is 8.93. The summed E-state index contributed by atoms with van der Waals surface area (Å²) in [5.41, 5.74) is 8.41. The molecule has 1 aromatic carbocycles. The maximum Gasteiger partial charge on any atom is 0.252 e. The van der Waals surface area contributed by atoms with E-state index in [1.165, 1.54) is 4.68 Å². The number of nitrogens with two attached hydrogens (primary N) is 1. The second kappa shape index (κ2) is 7.23. The highest BCUT2D eigenvalue weighted by Gasteiger charge is 2.16. The van der Waals surface area contributed by atoms with E-state index in [1.807, 2.05) is 0 Å². The predicted octanol–water partition coefficient (Wildman–Crippen LogP) is 1.98. The van der Waals surface area contributed by atoms with Gasteiger partial charge >= 0.3 is 0 Å². The van der Waals surface area contributed by atoms with Crippen molar-refractivity contribution < 1.29 is 9.59 Å². The van der Waals surface area contributed by atoms with Gasteiger partial charge in [0.15, 0.2) is 0 Å². The van der Waals surface area contributed by atoms with Gasteiger partial charge in [0.25, 0.3) is 5.91 Å². The Morgan fingerprint density at radius 3 is 2.55 bits per heavy atom. The molecule has 2 aromatic rings. The van der Waals surface area contributed by atoms with E-state index in [1.54, 1.807) is 42.6 Å². The first kappa shape index (κ1) is 16.4. The molecule has 2 rings (SSSR count). The smallest absolute Gasteiger partial charge is 0.252 e. The largest absolute Gasteiger partial charge is 0.322 e. The van der Waals surface area contributed by atoms with Crippen molar-refractivity contribution in [1.82, 2.24) is 4.68 Å². The quantitative estimate of drug-likeness (QED) is 0.821. The van der Waals surface area contributed by atoms with Gasteiger partial charge in [-0.25, -0.2) is 0 Å². The molecule has 3 N–H and O–H groups in total. The zero-order valence-electron chi connectivity index (χ0n) is 10.4. The normalized spacial score (nSPS) is 9.70. The van der Waals surface area contributed by atoms with Gasteiger partial charge in [-0.1, -0.05) is 23.7 Å². The van der Waals surface area contributed by atoms with Crippen molar-refractivity contribution in [2.24, 2.45) is 5.73 Å². The van der Waals surface area contributed by atoms with Gasteiger partial charge in [0.05, 0.1) is 11.6 Å². The maximum atomic E-state index is 12.3. The summed E-state index contributed by atoms with van der Waals surface area (Å²) >= 11 is 5.98. The van der Waals surface area contributed by atoms with Gasteiger partial charge in [-0.3, -0.25) is 19.7 Å². The minimum absolute atomic E-state index is 0. The number of amides is 1. The van der Waals surface area contributed by atoms with Crippen molar-refractivity contribution >= 4 is 40.3 Å². The van der Waals surface area contributed by atoms with E-state index >= 15 is 0 Å². The molecule has 1 heterocycles. The third kappa shape index (κ3) is 3.47. The molecule has 0 atom stereocenters. The maximum absolute atomic E-state index is 12.3. The third-order valence-corrected chi connectivity index (χ3v) is 2.86. The van der Waals surface area contributed by atoms with E-state index in [-0.39, 0.29) is 35.2 Å². The number of halogens is 2. The van der Waals surface area contributed by atoms with Gasteiger partial charge in [0.1, 0.15) is 5.69 Å². The summed E-state index contributed by atoms with van der Waals surface area (Å²) < 4.78 is 1.33. The summed E-state index contributed by atoms with van der Waals surface area (Å²) in [6.07, 6.45) is 1.57. The topological polar surface area (TPSA) is 77.1 Å². The molecule has 0 aliphatic carbocycles. The molecular weight excluding hydrogens is 346 g/mol. The average Bonchev–Trinajstić information content (AvgIpc) is 2.86. The van der Waals surface area contributed by atoms with Crippen LogP contribution in [0.5, 0.6) is 0 Å². The lowest BCUT2D eigenvalue weighted by Crippen LogP contribution is -2.30. The van der Waals surface area contributed by atoms with Gasteiger partial charge in [-0.15, -0.1) is 17.0 Å². The number of ketones is 1. The van der Waals surface area contributed by atoms with E-state index in [0.717, 1.165) is 0 Å². The van der Waals surface area contributed by atoms with Crippen LogP contribution < -0.4 is 11.2 Å². The first-order valence-electron chi connectivity index (χ1n) is 5.60. The highest BCUT2D eigenvalue weighted by atomic mass is 79.9. The molecular formula is C13H13BrClN3O2. The second-order valence-electron chi connectivity index (χ2n) is 3.81. The minimum atomic E-state index is -0.385. The van der Waals surface area contributed by atoms with Crippen molar-refractivity contribution in [3.63, 3.8) is 0 Å². The van der Waals surface area contributed by atoms with Gasteiger partial charge in [0, 0.05) is 11.8 Å². The molecule has 0 aliphatic heterocycles. The van der Waals surface area contributed by atoms with Gasteiger partial charge < -0.3 is 5.73 Å². The molecule has 106 valence electrons. The van der Waals surface area contributed by atoms with E-state index in [0.29, 0.717) is 16.3 Å². The number of aromatic nitrogens is 1. The van der Waals surface area contributed by atoms with Crippen molar-refractivity contribution in [2.75, 3.05) is 12.0 Å². The molecule has 20 heavy (non-hydrogen) atoms. The Bertz CT molecular complexity index is 628. The van der Waals surface area contributed by atoms with Crippen LogP contribution in [0, 0.1) is 0 Å². The molecule has 0 radical (unpaired) electrons. The number of hydrogen-bond donors (Lipinski definition) is 2. The van der Waals surface area contributed by atoms with Crippen LogP contribution in [0.3, 0.4) is 0 Å². The SMILES string of the molecule is Br.NCC(=O)Nn1cccc1C(=O)c1ccccc1Cl. The molecule has 0 saturated carbocycles. The van der Waals surface area contributed by atoms with Crippen LogP contribution in [-0.2, 0) is 4.79 Å². The molecule has 7 heteroatoms. The summed E-state index contributed by atoms with van der Waals surface area (Å²) in [7, 11) is 0.